The molecular weight excluding hydrogens is 288 g/mol. The zero-order valence-corrected chi connectivity index (χ0v) is 10.8. The lowest BCUT2D eigenvalue weighted by Gasteiger charge is -2.15. The summed E-state index contributed by atoms with van der Waals surface area (Å²) in [4.78, 5) is 11.6. The Morgan fingerprint density at radius 3 is 2.43 bits per heavy atom. The normalized spacial score (nSPS) is 11.7. The first-order valence-corrected chi connectivity index (χ1v) is 6.07. The first-order chi connectivity index (χ1) is 9.82. The summed E-state index contributed by atoms with van der Waals surface area (Å²) >= 11 is 0. The van der Waals surface area contributed by atoms with E-state index < -0.39 is 29.8 Å². The Morgan fingerprint density at radius 2 is 1.86 bits per heavy atom. The Bertz CT molecular complexity index is 707. The minimum absolute atomic E-state index is 0.00833. The monoisotopic (exact) mass is 300 g/mol. The van der Waals surface area contributed by atoms with Crippen molar-refractivity contribution in [2.45, 2.75) is 19.3 Å². The number of benzene rings is 1. The van der Waals surface area contributed by atoms with E-state index in [9.17, 15) is 22.4 Å². The van der Waals surface area contributed by atoms with E-state index in [0.717, 1.165) is 24.3 Å². The maximum Gasteiger partial charge on any atom is 0.431 e. The molecule has 0 aliphatic carbocycles. The van der Waals surface area contributed by atoms with Crippen molar-refractivity contribution in [3.8, 4) is 0 Å². The van der Waals surface area contributed by atoms with Crippen LogP contribution in [0.3, 0.4) is 0 Å². The van der Waals surface area contributed by atoms with Crippen LogP contribution in [0.4, 0.5) is 17.6 Å². The molecule has 2 aromatic rings. The molecule has 1 heterocycles. The van der Waals surface area contributed by atoms with Gasteiger partial charge in [0.05, 0.1) is 6.54 Å². The van der Waals surface area contributed by atoms with Crippen molar-refractivity contribution in [1.29, 1.82) is 0 Å². The van der Waals surface area contributed by atoms with Crippen molar-refractivity contribution in [3.63, 3.8) is 0 Å². The van der Waals surface area contributed by atoms with Gasteiger partial charge in [-0.15, -0.1) is 0 Å². The minimum atomic E-state index is -4.69. The van der Waals surface area contributed by atoms with E-state index in [-0.39, 0.29) is 12.1 Å². The van der Waals surface area contributed by atoms with Crippen LogP contribution in [0, 0.1) is 5.82 Å². The van der Waals surface area contributed by atoms with E-state index >= 15 is 0 Å². The van der Waals surface area contributed by atoms with Gasteiger partial charge in [0.1, 0.15) is 11.5 Å². The fourth-order valence-electron chi connectivity index (χ4n) is 1.95. The molecule has 0 aliphatic rings. The third-order valence-electron chi connectivity index (χ3n) is 3.02. The second kappa shape index (κ2) is 5.69. The summed E-state index contributed by atoms with van der Waals surface area (Å²) in [5, 5.41) is 0. The van der Waals surface area contributed by atoms with Crippen LogP contribution in [0.1, 0.15) is 16.8 Å². The van der Waals surface area contributed by atoms with Crippen LogP contribution in [-0.4, -0.2) is 4.57 Å². The highest BCUT2D eigenvalue weighted by Gasteiger charge is 2.34. The molecule has 0 amide bonds. The fraction of sp³-hybridized carbons (Fsp3) is 0.214. The summed E-state index contributed by atoms with van der Waals surface area (Å²) in [5.74, 6) is -0.693. The van der Waals surface area contributed by atoms with Gasteiger partial charge in [0, 0.05) is 18.2 Å². The van der Waals surface area contributed by atoms with Gasteiger partial charge in [-0.2, -0.15) is 13.2 Å². The number of rotatable bonds is 3. The van der Waals surface area contributed by atoms with Gasteiger partial charge >= 0.3 is 6.18 Å². The quantitative estimate of drug-likeness (QED) is 0.885. The molecule has 0 aliphatic heterocycles. The van der Waals surface area contributed by atoms with E-state index in [1.54, 1.807) is 0 Å². The van der Waals surface area contributed by atoms with Crippen LogP contribution >= 0.6 is 0 Å². The lowest BCUT2D eigenvalue weighted by molar-refractivity contribution is -0.144. The fourth-order valence-corrected chi connectivity index (χ4v) is 1.95. The number of halogens is 4. The smallest absolute Gasteiger partial charge is 0.326 e. The number of pyridine rings is 1. The first kappa shape index (κ1) is 15.2. The molecule has 112 valence electrons. The van der Waals surface area contributed by atoms with Gasteiger partial charge in [0.2, 0.25) is 0 Å². The number of alkyl halides is 3. The largest absolute Gasteiger partial charge is 0.431 e. The van der Waals surface area contributed by atoms with Gasteiger partial charge in [-0.05, 0) is 17.7 Å². The summed E-state index contributed by atoms with van der Waals surface area (Å²) in [6.07, 6.45) is -4.69. The van der Waals surface area contributed by atoms with Crippen molar-refractivity contribution >= 4 is 0 Å². The molecule has 0 atom stereocenters. The Morgan fingerprint density at radius 1 is 1.14 bits per heavy atom. The highest BCUT2D eigenvalue weighted by atomic mass is 19.4. The summed E-state index contributed by atoms with van der Waals surface area (Å²) in [6.45, 7) is -0.374. The van der Waals surface area contributed by atoms with Crippen LogP contribution in [-0.2, 0) is 19.3 Å². The molecule has 2 rings (SSSR count). The molecule has 0 radical (unpaired) electrons. The highest BCUT2D eigenvalue weighted by Crippen LogP contribution is 2.28. The molecule has 7 heteroatoms. The molecule has 0 saturated carbocycles. The Labute approximate surface area is 117 Å². The summed E-state index contributed by atoms with van der Waals surface area (Å²) in [7, 11) is 0. The zero-order valence-electron chi connectivity index (χ0n) is 10.8. The third kappa shape index (κ3) is 3.30. The molecule has 0 spiro atoms. The number of hydrogen-bond donors (Lipinski definition) is 1. The molecule has 1 aromatic carbocycles. The summed E-state index contributed by atoms with van der Waals surface area (Å²) in [6, 6.07) is 6.80. The van der Waals surface area contributed by atoms with E-state index in [4.69, 9.17) is 5.73 Å². The second-order valence-corrected chi connectivity index (χ2v) is 4.46. The van der Waals surface area contributed by atoms with Crippen molar-refractivity contribution in [3.05, 3.63) is 69.4 Å². The van der Waals surface area contributed by atoms with Crippen molar-refractivity contribution < 1.29 is 17.6 Å². The second-order valence-electron chi connectivity index (χ2n) is 4.46. The van der Waals surface area contributed by atoms with Gasteiger partial charge in [-0.25, -0.2) is 4.39 Å². The first-order valence-electron chi connectivity index (χ1n) is 6.07. The van der Waals surface area contributed by atoms with Crippen LogP contribution in [0.15, 0.2) is 41.2 Å². The predicted molar refractivity (Wildman–Crippen MR) is 69.1 cm³/mol. The Balaban J connectivity index is 2.47. The summed E-state index contributed by atoms with van der Waals surface area (Å²) in [5.41, 5.74) is 3.91. The van der Waals surface area contributed by atoms with Crippen molar-refractivity contribution in [2.75, 3.05) is 0 Å². The third-order valence-corrected chi connectivity index (χ3v) is 3.02. The lowest BCUT2D eigenvalue weighted by atomic mass is 10.1. The van der Waals surface area contributed by atoms with E-state index in [2.05, 4.69) is 0 Å². The number of aromatic nitrogens is 1. The maximum atomic E-state index is 13.8. The van der Waals surface area contributed by atoms with Crippen LogP contribution in [0.5, 0.6) is 0 Å². The SMILES string of the molecule is NCc1ccc(Cn2c(C(F)(F)F)cccc2=O)c(F)c1. The van der Waals surface area contributed by atoms with Crippen LogP contribution in [0.25, 0.3) is 0 Å². The van der Waals surface area contributed by atoms with Crippen molar-refractivity contribution in [1.82, 2.24) is 4.57 Å². The highest BCUT2D eigenvalue weighted by molar-refractivity contribution is 5.25. The zero-order chi connectivity index (χ0) is 15.6. The molecule has 1 aromatic heterocycles. The molecule has 21 heavy (non-hydrogen) atoms. The Hall–Kier alpha value is -2.15. The standard InChI is InChI=1S/C14H12F4N2O/c15-11-6-9(7-19)4-5-10(11)8-20-12(14(16,17)18)2-1-3-13(20)21/h1-6H,7-8,19H2. The van der Waals surface area contributed by atoms with Crippen LogP contribution in [0.2, 0.25) is 0 Å². The number of nitrogens with two attached hydrogens (primary N) is 1. The maximum absolute atomic E-state index is 13.8. The predicted octanol–water partition coefficient (Wildman–Crippen LogP) is 2.51. The van der Waals surface area contributed by atoms with E-state index in [0.29, 0.717) is 10.1 Å². The number of hydrogen-bond acceptors (Lipinski definition) is 2. The molecule has 0 bridgehead atoms. The van der Waals surface area contributed by atoms with Gasteiger partial charge in [-0.1, -0.05) is 18.2 Å². The van der Waals surface area contributed by atoms with Gasteiger partial charge in [0.15, 0.2) is 0 Å². The molecule has 3 nitrogen and oxygen atoms in total. The summed E-state index contributed by atoms with van der Waals surface area (Å²) < 4.78 is 53.0. The minimum Gasteiger partial charge on any atom is -0.326 e. The van der Waals surface area contributed by atoms with Gasteiger partial charge < -0.3 is 5.73 Å². The average molecular weight is 300 g/mol. The van der Waals surface area contributed by atoms with Crippen molar-refractivity contribution in [2.24, 2.45) is 5.73 Å². The van der Waals surface area contributed by atoms with Gasteiger partial charge in [-0.3, -0.25) is 9.36 Å². The molecular formula is C14H12F4N2O. The number of nitrogens with zero attached hydrogens (tertiary/aromatic N) is 1. The lowest BCUT2D eigenvalue weighted by Crippen LogP contribution is -2.27. The Kier molecular flexibility index (Phi) is 4.13. The molecule has 0 saturated heterocycles. The molecule has 0 unspecified atom stereocenters. The molecule has 2 N–H and O–H groups in total. The topological polar surface area (TPSA) is 48.0 Å². The average Bonchev–Trinajstić information content (AvgIpc) is 2.41. The van der Waals surface area contributed by atoms with E-state index in [1.165, 1.54) is 12.1 Å². The van der Waals surface area contributed by atoms with E-state index in [1.807, 2.05) is 0 Å². The van der Waals surface area contributed by atoms with Crippen LogP contribution < -0.4 is 11.3 Å². The van der Waals surface area contributed by atoms with Gasteiger partial charge in [0.25, 0.3) is 5.56 Å². The molecule has 0 fully saturated rings.